The second kappa shape index (κ2) is 8.48. The van der Waals surface area contributed by atoms with Crippen LogP contribution in [-0.2, 0) is 11.3 Å². The van der Waals surface area contributed by atoms with Gasteiger partial charge in [-0.15, -0.1) is 0 Å². The molecule has 3 atom stereocenters. The van der Waals surface area contributed by atoms with Gasteiger partial charge in [-0.3, -0.25) is 14.4 Å². The first kappa shape index (κ1) is 22.5. The third kappa shape index (κ3) is 3.30. The Labute approximate surface area is 193 Å². The molecule has 180 valence electrons. The number of hydrogen-bond donors (Lipinski definition) is 3. The fraction of sp³-hybridized carbons (Fsp3) is 0.435. The lowest BCUT2D eigenvalue weighted by molar-refractivity contribution is -0.110. The summed E-state index contributed by atoms with van der Waals surface area (Å²) in [7, 11) is 0. The molecule has 3 unspecified atom stereocenters. The molecule has 34 heavy (non-hydrogen) atoms. The van der Waals surface area contributed by atoms with E-state index in [0.717, 1.165) is 6.07 Å². The molecule has 3 aliphatic rings. The SMILES string of the molecule is CCNC1CC2C3OCCCN3C(=O)c3c(O)c(=O)c(C(=O)NCc4cccc(F)c4F)c1n32. The second-order valence-corrected chi connectivity index (χ2v) is 8.58. The molecule has 3 aliphatic heterocycles. The molecule has 0 spiro atoms. The van der Waals surface area contributed by atoms with Gasteiger partial charge in [-0.25, -0.2) is 8.78 Å². The lowest BCUT2D eigenvalue weighted by atomic mass is 10.0. The predicted octanol–water partition coefficient (Wildman–Crippen LogP) is 1.56. The molecule has 0 saturated carbocycles. The first-order valence-electron chi connectivity index (χ1n) is 11.2. The van der Waals surface area contributed by atoms with Gasteiger partial charge in [-0.1, -0.05) is 19.1 Å². The first-order chi connectivity index (χ1) is 16.3. The van der Waals surface area contributed by atoms with E-state index in [0.29, 0.717) is 32.5 Å². The number of aromatic hydroxyl groups is 1. The maximum Gasteiger partial charge on any atom is 0.276 e. The number of nitrogens with one attached hydrogen (secondary N) is 2. The Kier molecular flexibility index (Phi) is 5.61. The van der Waals surface area contributed by atoms with Gasteiger partial charge in [0.1, 0.15) is 5.56 Å². The third-order valence-electron chi connectivity index (χ3n) is 6.64. The summed E-state index contributed by atoms with van der Waals surface area (Å²) in [4.78, 5) is 41.1. The van der Waals surface area contributed by atoms with Gasteiger partial charge in [0.15, 0.2) is 29.3 Å². The fourth-order valence-corrected chi connectivity index (χ4v) is 5.21. The number of aromatic nitrogens is 1. The second-order valence-electron chi connectivity index (χ2n) is 8.58. The lowest BCUT2D eigenvalue weighted by Gasteiger charge is -2.44. The third-order valence-corrected chi connectivity index (χ3v) is 6.64. The summed E-state index contributed by atoms with van der Waals surface area (Å²) in [6.45, 7) is 2.95. The molecule has 0 radical (unpaired) electrons. The van der Waals surface area contributed by atoms with Gasteiger partial charge in [-0.2, -0.15) is 0 Å². The Bertz CT molecular complexity index is 1250. The molecule has 1 fully saturated rings. The van der Waals surface area contributed by atoms with Gasteiger partial charge in [0.2, 0.25) is 5.43 Å². The number of halogens is 2. The highest BCUT2D eigenvalue weighted by Crippen LogP contribution is 2.45. The Morgan fingerprint density at radius 1 is 1.29 bits per heavy atom. The zero-order chi connectivity index (χ0) is 24.1. The number of pyridine rings is 1. The fourth-order valence-electron chi connectivity index (χ4n) is 5.21. The average Bonchev–Trinajstić information content (AvgIpc) is 3.19. The summed E-state index contributed by atoms with van der Waals surface area (Å²) in [5.41, 5.74) is -1.27. The smallest absolute Gasteiger partial charge is 0.276 e. The normalized spacial score (nSPS) is 23.0. The van der Waals surface area contributed by atoms with E-state index < -0.39 is 52.9 Å². The van der Waals surface area contributed by atoms with Crippen molar-refractivity contribution >= 4 is 11.8 Å². The number of rotatable bonds is 5. The highest BCUT2D eigenvalue weighted by atomic mass is 19.2. The number of fused-ring (bicyclic) bond motifs is 2. The molecule has 11 heteroatoms. The lowest BCUT2D eigenvalue weighted by Crippen LogP contribution is -2.55. The van der Waals surface area contributed by atoms with Crippen LogP contribution in [-0.4, -0.2) is 52.3 Å². The molecule has 2 aromatic rings. The quantitative estimate of drug-likeness (QED) is 0.606. The molecule has 1 saturated heterocycles. The number of carbonyl (C=O) groups excluding carboxylic acids is 2. The molecule has 1 aromatic heterocycles. The molecule has 9 nitrogen and oxygen atoms in total. The van der Waals surface area contributed by atoms with Crippen LogP contribution in [0.4, 0.5) is 8.78 Å². The monoisotopic (exact) mass is 474 g/mol. The van der Waals surface area contributed by atoms with Gasteiger partial charge in [0.05, 0.1) is 24.4 Å². The van der Waals surface area contributed by atoms with Crippen molar-refractivity contribution in [2.75, 3.05) is 19.7 Å². The van der Waals surface area contributed by atoms with E-state index in [1.54, 1.807) is 4.57 Å². The Morgan fingerprint density at radius 2 is 2.09 bits per heavy atom. The average molecular weight is 474 g/mol. The van der Waals surface area contributed by atoms with E-state index in [4.69, 9.17) is 4.74 Å². The molecular formula is C23H24F2N4O5. The van der Waals surface area contributed by atoms with Gasteiger partial charge >= 0.3 is 0 Å². The van der Waals surface area contributed by atoms with Crippen molar-refractivity contribution in [1.29, 1.82) is 0 Å². The summed E-state index contributed by atoms with van der Waals surface area (Å²) < 4.78 is 35.0. The molecule has 0 bridgehead atoms. The van der Waals surface area contributed by atoms with E-state index in [9.17, 15) is 28.3 Å². The number of carbonyl (C=O) groups is 2. The Morgan fingerprint density at radius 3 is 2.85 bits per heavy atom. The highest BCUT2D eigenvalue weighted by Gasteiger charge is 2.50. The van der Waals surface area contributed by atoms with Crippen molar-refractivity contribution in [3.63, 3.8) is 0 Å². The molecule has 2 amide bonds. The van der Waals surface area contributed by atoms with Crippen LogP contribution in [0.3, 0.4) is 0 Å². The zero-order valence-electron chi connectivity index (χ0n) is 18.4. The van der Waals surface area contributed by atoms with Crippen LogP contribution < -0.4 is 16.1 Å². The topological polar surface area (TPSA) is 113 Å². The summed E-state index contributed by atoms with van der Waals surface area (Å²) in [6, 6.07) is 2.74. The van der Waals surface area contributed by atoms with E-state index >= 15 is 0 Å². The van der Waals surface area contributed by atoms with Gasteiger partial charge in [0.25, 0.3) is 11.8 Å². The zero-order valence-corrected chi connectivity index (χ0v) is 18.4. The molecule has 5 rings (SSSR count). The Balaban J connectivity index is 1.60. The summed E-state index contributed by atoms with van der Waals surface area (Å²) >= 11 is 0. The minimum Gasteiger partial charge on any atom is -0.503 e. The molecular weight excluding hydrogens is 450 g/mol. The minimum atomic E-state index is -1.09. The number of ether oxygens (including phenoxy) is 1. The van der Waals surface area contributed by atoms with Gasteiger partial charge < -0.3 is 29.9 Å². The Hall–Kier alpha value is -3.31. The van der Waals surface area contributed by atoms with E-state index in [-0.39, 0.29) is 29.1 Å². The number of nitrogens with zero attached hydrogens (tertiary/aromatic N) is 2. The van der Waals surface area contributed by atoms with Crippen LogP contribution in [0.15, 0.2) is 23.0 Å². The summed E-state index contributed by atoms with van der Waals surface area (Å²) in [5.74, 6) is -4.33. The predicted molar refractivity (Wildman–Crippen MR) is 115 cm³/mol. The van der Waals surface area contributed by atoms with Gasteiger partial charge in [0, 0.05) is 18.7 Å². The van der Waals surface area contributed by atoms with Crippen LogP contribution >= 0.6 is 0 Å². The van der Waals surface area contributed by atoms with Crippen molar-refractivity contribution in [2.24, 2.45) is 0 Å². The van der Waals surface area contributed by atoms with Crippen molar-refractivity contribution in [3.8, 4) is 5.75 Å². The molecule has 1 aromatic carbocycles. The van der Waals surface area contributed by atoms with E-state index in [1.807, 2.05) is 6.92 Å². The molecule has 3 N–H and O–H groups in total. The van der Waals surface area contributed by atoms with Crippen LogP contribution in [0.25, 0.3) is 0 Å². The number of amides is 2. The van der Waals surface area contributed by atoms with Crippen molar-refractivity contribution in [2.45, 2.75) is 44.6 Å². The minimum absolute atomic E-state index is 0.0883. The molecule has 0 aliphatic carbocycles. The van der Waals surface area contributed by atoms with Crippen molar-refractivity contribution in [1.82, 2.24) is 20.1 Å². The van der Waals surface area contributed by atoms with E-state index in [2.05, 4.69) is 10.6 Å². The maximum atomic E-state index is 14.0. The number of benzene rings is 1. The van der Waals surface area contributed by atoms with Crippen molar-refractivity contribution < 1.29 is 28.2 Å². The van der Waals surface area contributed by atoms with E-state index in [1.165, 1.54) is 17.0 Å². The largest absolute Gasteiger partial charge is 0.503 e. The van der Waals surface area contributed by atoms with Crippen LogP contribution in [0.5, 0.6) is 5.75 Å². The maximum absolute atomic E-state index is 14.0. The van der Waals surface area contributed by atoms with Crippen LogP contribution in [0, 0.1) is 11.6 Å². The molecule has 4 heterocycles. The van der Waals surface area contributed by atoms with Crippen molar-refractivity contribution in [3.05, 3.63) is 62.6 Å². The van der Waals surface area contributed by atoms with Crippen LogP contribution in [0.1, 0.15) is 64.0 Å². The standard InChI is InChI=1S/C23H24F2N4O5/c1-2-26-13-9-14-23-28(7-4-8-34-23)22(33)18-20(31)19(30)15(17(13)29(14)18)21(32)27-10-11-5-3-6-12(24)16(11)25/h3,5-6,13-14,23,26,31H,2,4,7-10H2,1H3,(H,27,32). The van der Waals surface area contributed by atoms with Crippen LogP contribution in [0.2, 0.25) is 0 Å². The number of hydrogen-bond acceptors (Lipinski definition) is 6. The summed E-state index contributed by atoms with van der Waals surface area (Å²) in [5, 5.41) is 16.5. The first-order valence-corrected chi connectivity index (χ1v) is 11.2. The highest BCUT2D eigenvalue weighted by molar-refractivity contribution is 6.00. The van der Waals surface area contributed by atoms with Gasteiger partial charge in [-0.05, 0) is 25.5 Å². The summed E-state index contributed by atoms with van der Waals surface area (Å²) in [6.07, 6.45) is 0.507.